The first-order valence-corrected chi connectivity index (χ1v) is 10.2. The maximum atomic E-state index is 2.45. The van der Waals surface area contributed by atoms with Crippen LogP contribution in [0, 0.1) is 5.92 Å². The van der Waals surface area contributed by atoms with E-state index in [1.165, 1.54) is 44.5 Å². The molecule has 0 fully saturated rings. The van der Waals surface area contributed by atoms with Crippen LogP contribution in [0.3, 0.4) is 0 Å². The molecule has 0 amide bonds. The summed E-state index contributed by atoms with van der Waals surface area (Å²) in [5, 5.41) is 0. The zero-order valence-electron chi connectivity index (χ0n) is 17.3. The second kappa shape index (κ2) is 10.0. The predicted octanol–water partition coefficient (Wildman–Crippen LogP) is 8.48. The minimum absolute atomic E-state index is 0. The molecule has 2 aliphatic carbocycles. The Balaban J connectivity index is 0.000000907. The van der Waals surface area contributed by atoms with Gasteiger partial charge in [0.2, 0.25) is 0 Å². The van der Waals surface area contributed by atoms with Crippen LogP contribution in [0.4, 0.5) is 0 Å². The standard InChI is InChI=1S/C28H22.2HI.Zr/c1-18(27-23-14-6-2-10-19(23)20-11-3-7-15-24(20)27)28-25-16-8-4-12-21(25)22-13-5-9-17-26(22)28;;;/h2-18,27-28H,1H3;2*1H;. The fraction of sp³-hybridized carbons (Fsp3) is 0.143. The van der Waals surface area contributed by atoms with Crippen molar-refractivity contribution in [2.75, 3.05) is 0 Å². The second-order valence-corrected chi connectivity index (χ2v) is 8.16. The Labute approximate surface area is 238 Å². The van der Waals surface area contributed by atoms with Gasteiger partial charge in [-0.05, 0) is 50.4 Å². The van der Waals surface area contributed by atoms with Crippen LogP contribution in [0.15, 0.2) is 97.1 Å². The molecular formula is C28H24I2Zr. The minimum atomic E-state index is 0. The van der Waals surface area contributed by atoms with Crippen LogP contribution in [0.1, 0.15) is 41.0 Å². The van der Waals surface area contributed by atoms with Crippen molar-refractivity contribution in [3.05, 3.63) is 119 Å². The predicted molar refractivity (Wildman–Crippen MR) is 147 cm³/mol. The van der Waals surface area contributed by atoms with Gasteiger partial charge in [-0.2, -0.15) is 0 Å². The van der Waals surface area contributed by atoms with E-state index in [0.717, 1.165) is 0 Å². The molecular weight excluding hydrogens is 681 g/mol. The molecule has 0 unspecified atom stereocenters. The Morgan fingerprint density at radius 2 is 0.677 bits per heavy atom. The molecule has 0 nitrogen and oxygen atoms in total. The Hall–Kier alpha value is -0.777. The molecule has 0 N–H and O–H groups in total. The summed E-state index contributed by atoms with van der Waals surface area (Å²) in [5.41, 5.74) is 11.6. The zero-order chi connectivity index (χ0) is 18.7. The third kappa shape index (κ3) is 3.83. The van der Waals surface area contributed by atoms with Gasteiger partial charge in [-0.3, -0.25) is 0 Å². The fourth-order valence-electron chi connectivity index (χ4n) is 5.71. The van der Waals surface area contributed by atoms with Gasteiger partial charge in [-0.25, -0.2) is 0 Å². The van der Waals surface area contributed by atoms with Crippen LogP contribution in [0.5, 0.6) is 0 Å². The molecule has 0 spiro atoms. The van der Waals surface area contributed by atoms with Crippen LogP contribution in [0.2, 0.25) is 0 Å². The summed E-state index contributed by atoms with van der Waals surface area (Å²) in [6.45, 7) is 2.45. The maximum Gasteiger partial charge on any atom is 0.0136 e. The monoisotopic (exact) mass is 704 g/mol. The smallest absolute Gasteiger partial charge is 0.0136 e. The molecule has 2 aliphatic rings. The molecule has 31 heavy (non-hydrogen) atoms. The van der Waals surface area contributed by atoms with E-state index in [0.29, 0.717) is 17.8 Å². The fourth-order valence-corrected chi connectivity index (χ4v) is 5.71. The van der Waals surface area contributed by atoms with E-state index in [1.54, 1.807) is 0 Å². The van der Waals surface area contributed by atoms with E-state index < -0.39 is 0 Å². The largest absolute Gasteiger partial charge is 0.107 e. The van der Waals surface area contributed by atoms with E-state index in [4.69, 9.17) is 0 Å². The molecule has 0 aromatic heterocycles. The van der Waals surface area contributed by atoms with Crippen molar-refractivity contribution in [1.82, 2.24) is 0 Å². The van der Waals surface area contributed by atoms with Gasteiger partial charge in [-0.15, -0.1) is 48.0 Å². The number of halogens is 2. The van der Waals surface area contributed by atoms with E-state index in [2.05, 4.69) is 104 Å². The number of benzene rings is 4. The van der Waals surface area contributed by atoms with Crippen molar-refractivity contribution >= 4 is 48.0 Å². The summed E-state index contributed by atoms with van der Waals surface area (Å²) in [6.07, 6.45) is 0. The van der Waals surface area contributed by atoms with Crippen molar-refractivity contribution in [2.45, 2.75) is 18.8 Å². The zero-order valence-corrected chi connectivity index (χ0v) is 24.4. The molecule has 0 heterocycles. The maximum absolute atomic E-state index is 2.45. The van der Waals surface area contributed by atoms with Crippen molar-refractivity contribution in [3.63, 3.8) is 0 Å². The topological polar surface area (TPSA) is 0 Å². The summed E-state index contributed by atoms with van der Waals surface area (Å²) >= 11 is 0. The van der Waals surface area contributed by atoms with Crippen LogP contribution in [-0.4, -0.2) is 0 Å². The van der Waals surface area contributed by atoms with Gasteiger partial charge < -0.3 is 0 Å². The Morgan fingerprint density at radius 1 is 0.452 bits per heavy atom. The van der Waals surface area contributed by atoms with Crippen molar-refractivity contribution in [1.29, 1.82) is 0 Å². The van der Waals surface area contributed by atoms with Crippen molar-refractivity contribution < 1.29 is 26.2 Å². The van der Waals surface area contributed by atoms with E-state index in [1.807, 2.05) is 0 Å². The number of fused-ring (bicyclic) bond motifs is 6. The molecule has 154 valence electrons. The summed E-state index contributed by atoms with van der Waals surface area (Å²) in [5.74, 6) is 1.34. The Kier molecular flexibility index (Phi) is 8.03. The molecule has 0 bridgehead atoms. The van der Waals surface area contributed by atoms with Crippen molar-refractivity contribution in [2.24, 2.45) is 5.92 Å². The first kappa shape index (κ1) is 24.9. The molecule has 0 atom stereocenters. The van der Waals surface area contributed by atoms with E-state index >= 15 is 0 Å². The summed E-state index contributed by atoms with van der Waals surface area (Å²) in [6, 6.07) is 36.0. The second-order valence-electron chi connectivity index (χ2n) is 8.16. The molecule has 0 aliphatic heterocycles. The van der Waals surface area contributed by atoms with Gasteiger partial charge in [0.1, 0.15) is 0 Å². The van der Waals surface area contributed by atoms with Crippen LogP contribution < -0.4 is 0 Å². The molecule has 4 aromatic carbocycles. The van der Waals surface area contributed by atoms with Crippen molar-refractivity contribution in [3.8, 4) is 22.3 Å². The number of hydrogen-bond donors (Lipinski definition) is 0. The van der Waals surface area contributed by atoms with Gasteiger partial charge in [-0.1, -0.05) is 104 Å². The normalized spacial score (nSPS) is 13.2. The van der Waals surface area contributed by atoms with Gasteiger partial charge >= 0.3 is 0 Å². The summed E-state index contributed by atoms with van der Waals surface area (Å²) in [7, 11) is 0. The molecule has 6 rings (SSSR count). The van der Waals surface area contributed by atoms with Gasteiger partial charge in [0.15, 0.2) is 0 Å². The third-order valence-corrected chi connectivity index (χ3v) is 6.82. The molecule has 0 saturated carbocycles. The van der Waals surface area contributed by atoms with Crippen LogP contribution in [0.25, 0.3) is 22.3 Å². The Morgan fingerprint density at radius 3 is 0.935 bits per heavy atom. The SMILES string of the molecule is CC(C1c2ccccc2-c2ccccc21)C1c2ccccc2-c2ccccc21.I.I.[Zr]. The summed E-state index contributed by atoms with van der Waals surface area (Å²) < 4.78 is 0. The van der Waals surface area contributed by atoms with E-state index in [-0.39, 0.29) is 74.2 Å². The van der Waals surface area contributed by atoms with Gasteiger partial charge in [0.05, 0.1) is 0 Å². The summed E-state index contributed by atoms with van der Waals surface area (Å²) in [4.78, 5) is 0. The van der Waals surface area contributed by atoms with Gasteiger partial charge in [0.25, 0.3) is 0 Å². The average molecular weight is 706 g/mol. The minimum Gasteiger partial charge on any atom is -0.107 e. The average Bonchev–Trinajstić information content (AvgIpc) is 3.27. The molecule has 0 radical (unpaired) electrons. The number of hydrogen-bond acceptors (Lipinski definition) is 0. The molecule has 4 aromatic rings. The first-order valence-electron chi connectivity index (χ1n) is 10.2. The first-order chi connectivity index (χ1) is 13.8. The van der Waals surface area contributed by atoms with Gasteiger partial charge in [0, 0.05) is 38.0 Å². The Bertz CT molecular complexity index is 1030. The third-order valence-electron chi connectivity index (χ3n) is 6.82. The molecule has 0 saturated heterocycles. The quantitative estimate of drug-likeness (QED) is 0.184. The van der Waals surface area contributed by atoms with E-state index in [9.17, 15) is 0 Å². The number of rotatable bonds is 2. The van der Waals surface area contributed by atoms with Crippen LogP contribution in [-0.2, 0) is 26.2 Å². The van der Waals surface area contributed by atoms with Crippen LogP contribution >= 0.6 is 48.0 Å². The molecule has 3 heteroatoms.